The third kappa shape index (κ3) is 3.74. The number of carbonyl (C=O) groups is 2. The van der Waals surface area contributed by atoms with E-state index in [-0.39, 0.29) is 23.0 Å². The first kappa shape index (κ1) is 12.4. The Morgan fingerprint density at radius 1 is 1.53 bits per heavy atom. The van der Waals surface area contributed by atoms with Crippen LogP contribution in [0.3, 0.4) is 0 Å². The SMILES string of the molecule is CCC(SCC1(CC(=O)O)CC1)C(N)=O. The lowest BCUT2D eigenvalue weighted by molar-refractivity contribution is -0.138. The first-order valence-corrected chi connectivity index (χ1v) is 6.17. The molecule has 4 nitrogen and oxygen atoms in total. The van der Waals surface area contributed by atoms with Gasteiger partial charge >= 0.3 is 5.97 Å². The zero-order valence-electron chi connectivity index (χ0n) is 8.86. The molecule has 0 radical (unpaired) electrons. The molecule has 86 valence electrons. The van der Waals surface area contributed by atoms with Crippen molar-refractivity contribution >= 4 is 23.6 Å². The monoisotopic (exact) mass is 231 g/mol. The highest BCUT2D eigenvalue weighted by molar-refractivity contribution is 8.00. The predicted octanol–water partition coefficient (Wildman–Crippen LogP) is 1.24. The molecular formula is C10H17NO3S. The molecule has 1 unspecified atom stereocenters. The van der Waals surface area contributed by atoms with E-state index in [9.17, 15) is 9.59 Å². The summed E-state index contributed by atoms with van der Waals surface area (Å²) in [6, 6.07) is 0. The highest BCUT2D eigenvalue weighted by Gasteiger charge is 2.44. The molecule has 0 heterocycles. The molecule has 1 atom stereocenters. The van der Waals surface area contributed by atoms with Crippen molar-refractivity contribution in [2.24, 2.45) is 11.1 Å². The Labute approximate surface area is 93.6 Å². The first-order valence-electron chi connectivity index (χ1n) is 5.12. The van der Waals surface area contributed by atoms with Gasteiger partial charge in [0.25, 0.3) is 0 Å². The normalized spacial score (nSPS) is 19.5. The molecule has 1 aliphatic carbocycles. The maximum absolute atomic E-state index is 11.0. The fourth-order valence-corrected chi connectivity index (χ4v) is 2.89. The number of carboxylic acids is 1. The number of hydrogen-bond acceptors (Lipinski definition) is 3. The van der Waals surface area contributed by atoms with Crippen molar-refractivity contribution in [2.75, 3.05) is 5.75 Å². The second-order valence-electron chi connectivity index (χ2n) is 4.18. The minimum atomic E-state index is -0.750. The fourth-order valence-electron chi connectivity index (χ4n) is 1.55. The quantitative estimate of drug-likeness (QED) is 0.690. The van der Waals surface area contributed by atoms with Crippen molar-refractivity contribution in [3.8, 4) is 0 Å². The largest absolute Gasteiger partial charge is 0.481 e. The minimum absolute atomic E-state index is 0.0562. The van der Waals surface area contributed by atoms with Gasteiger partial charge in [0.15, 0.2) is 0 Å². The van der Waals surface area contributed by atoms with Crippen LogP contribution in [0.15, 0.2) is 0 Å². The number of aliphatic carboxylic acids is 1. The molecule has 1 amide bonds. The van der Waals surface area contributed by atoms with Crippen molar-refractivity contribution in [3.05, 3.63) is 0 Å². The number of nitrogens with two attached hydrogens (primary N) is 1. The summed E-state index contributed by atoms with van der Waals surface area (Å²) in [6.45, 7) is 1.92. The average Bonchev–Trinajstić information content (AvgIpc) is 2.84. The van der Waals surface area contributed by atoms with E-state index in [1.807, 2.05) is 6.92 Å². The number of primary amides is 1. The molecule has 0 spiro atoms. The van der Waals surface area contributed by atoms with Crippen LogP contribution < -0.4 is 5.73 Å². The Balaban J connectivity index is 2.35. The number of carboxylic acid groups (broad SMARTS) is 1. The Hall–Kier alpha value is -0.710. The van der Waals surface area contributed by atoms with Crippen molar-refractivity contribution in [3.63, 3.8) is 0 Å². The van der Waals surface area contributed by atoms with Crippen LogP contribution >= 0.6 is 11.8 Å². The van der Waals surface area contributed by atoms with Gasteiger partial charge in [-0.3, -0.25) is 9.59 Å². The number of thioether (sulfide) groups is 1. The molecule has 15 heavy (non-hydrogen) atoms. The lowest BCUT2D eigenvalue weighted by atomic mass is 10.1. The number of amides is 1. The van der Waals surface area contributed by atoms with Crippen LogP contribution in [0.2, 0.25) is 0 Å². The molecule has 0 bridgehead atoms. The van der Waals surface area contributed by atoms with Gasteiger partial charge < -0.3 is 10.8 Å². The minimum Gasteiger partial charge on any atom is -0.481 e. The summed E-state index contributed by atoms with van der Waals surface area (Å²) in [4.78, 5) is 21.6. The van der Waals surface area contributed by atoms with E-state index < -0.39 is 5.97 Å². The molecule has 1 fully saturated rings. The second-order valence-corrected chi connectivity index (χ2v) is 5.37. The highest BCUT2D eigenvalue weighted by Crippen LogP contribution is 2.51. The van der Waals surface area contributed by atoms with E-state index in [1.165, 1.54) is 11.8 Å². The van der Waals surface area contributed by atoms with Crippen LogP contribution in [0.1, 0.15) is 32.6 Å². The van der Waals surface area contributed by atoms with Gasteiger partial charge in [0.05, 0.1) is 11.7 Å². The van der Waals surface area contributed by atoms with Gasteiger partial charge in [-0.25, -0.2) is 0 Å². The van der Waals surface area contributed by atoms with E-state index in [1.54, 1.807) is 0 Å². The summed E-state index contributed by atoms with van der Waals surface area (Å²) >= 11 is 1.50. The van der Waals surface area contributed by atoms with Crippen LogP contribution in [-0.4, -0.2) is 28.0 Å². The molecule has 0 aromatic carbocycles. The molecule has 1 saturated carbocycles. The summed E-state index contributed by atoms with van der Waals surface area (Å²) in [6.07, 6.45) is 2.85. The predicted molar refractivity (Wildman–Crippen MR) is 59.7 cm³/mol. The van der Waals surface area contributed by atoms with Crippen LogP contribution in [-0.2, 0) is 9.59 Å². The Bertz CT molecular complexity index is 263. The van der Waals surface area contributed by atoms with Gasteiger partial charge in [0, 0.05) is 5.75 Å². The summed E-state index contributed by atoms with van der Waals surface area (Å²) in [7, 11) is 0. The molecule has 1 rings (SSSR count). The lowest BCUT2D eigenvalue weighted by Gasteiger charge is -2.15. The number of rotatable bonds is 7. The van der Waals surface area contributed by atoms with Crippen LogP contribution in [0.5, 0.6) is 0 Å². The lowest BCUT2D eigenvalue weighted by Crippen LogP contribution is -2.26. The van der Waals surface area contributed by atoms with E-state index >= 15 is 0 Å². The van der Waals surface area contributed by atoms with Crippen LogP contribution in [0.25, 0.3) is 0 Å². The topological polar surface area (TPSA) is 80.4 Å². The van der Waals surface area contributed by atoms with Crippen LogP contribution in [0, 0.1) is 5.41 Å². The van der Waals surface area contributed by atoms with Gasteiger partial charge in [0.1, 0.15) is 0 Å². The molecule has 1 aliphatic rings. The summed E-state index contributed by atoms with van der Waals surface area (Å²) < 4.78 is 0. The van der Waals surface area contributed by atoms with Gasteiger partial charge in [-0.15, -0.1) is 11.8 Å². The molecule has 5 heteroatoms. The van der Waals surface area contributed by atoms with Gasteiger partial charge in [-0.2, -0.15) is 0 Å². The third-order valence-electron chi connectivity index (χ3n) is 2.76. The number of hydrogen-bond donors (Lipinski definition) is 2. The summed E-state index contributed by atoms with van der Waals surface area (Å²) in [5, 5.41) is 8.55. The molecule has 0 aromatic rings. The highest BCUT2D eigenvalue weighted by atomic mass is 32.2. The Morgan fingerprint density at radius 3 is 2.47 bits per heavy atom. The number of carbonyl (C=O) groups excluding carboxylic acids is 1. The van der Waals surface area contributed by atoms with Gasteiger partial charge in [-0.05, 0) is 24.7 Å². The first-order chi connectivity index (χ1) is 6.99. The summed E-state index contributed by atoms with van der Waals surface area (Å²) in [5.74, 6) is -0.311. The maximum atomic E-state index is 11.0. The molecule has 3 N–H and O–H groups in total. The zero-order chi connectivity index (χ0) is 11.5. The molecule has 0 aromatic heterocycles. The zero-order valence-corrected chi connectivity index (χ0v) is 9.68. The van der Waals surface area contributed by atoms with Gasteiger partial charge in [0.2, 0.25) is 5.91 Å². The second kappa shape index (κ2) is 4.88. The molecular weight excluding hydrogens is 214 g/mol. The van der Waals surface area contributed by atoms with Crippen molar-refractivity contribution in [1.82, 2.24) is 0 Å². The standard InChI is InChI=1S/C10H17NO3S/c1-2-7(9(11)14)15-6-10(3-4-10)5-8(12)13/h7H,2-6H2,1H3,(H2,11,14)(H,12,13). The fraction of sp³-hybridized carbons (Fsp3) is 0.800. The molecule has 0 saturated heterocycles. The van der Waals surface area contributed by atoms with Crippen LogP contribution in [0.4, 0.5) is 0 Å². The Morgan fingerprint density at radius 2 is 2.13 bits per heavy atom. The summed E-state index contributed by atoms with van der Waals surface area (Å²) in [5.41, 5.74) is 5.17. The van der Waals surface area contributed by atoms with Crippen molar-refractivity contribution in [1.29, 1.82) is 0 Å². The third-order valence-corrected chi connectivity index (χ3v) is 4.51. The maximum Gasteiger partial charge on any atom is 0.303 e. The smallest absolute Gasteiger partial charge is 0.303 e. The average molecular weight is 231 g/mol. The van der Waals surface area contributed by atoms with E-state index in [2.05, 4.69) is 0 Å². The Kier molecular flexibility index (Phi) is 4.02. The van der Waals surface area contributed by atoms with Crippen molar-refractivity contribution < 1.29 is 14.7 Å². The van der Waals surface area contributed by atoms with E-state index in [4.69, 9.17) is 10.8 Å². The van der Waals surface area contributed by atoms with E-state index in [0.717, 1.165) is 18.6 Å². The van der Waals surface area contributed by atoms with E-state index in [0.29, 0.717) is 6.42 Å². The molecule has 0 aliphatic heterocycles. The van der Waals surface area contributed by atoms with Crippen molar-refractivity contribution in [2.45, 2.75) is 37.9 Å². The van der Waals surface area contributed by atoms with Gasteiger partial charge in [-0.1, -0.05) is 6.92 Å².